The Bertz CT molecular complexity index is 962. The molecule has 3 atom stereocenters. The number of hydrogen-bond donors (Lipinski definition) is 2. The zero-order chi connectivity index (χ0) is 24.3. The smallest absolute Gasteiger partial charge is 0.129 e. The molecule has 1 aliphatic rings. The number of rotatable bonds is 5. The summed E-state index contributed by atoms with van der Waals surface area (Å²) in [5.41, 5.74) is 2.01. The molecule has 0 amide bonds. The number of carbonyl (C=O) groups excluding carboxylic acids is 1. The zero-order valence-electron chi connectivity index (χ0n) is 20.8. The summed E-state index contributed by atoms with van der Waals surface area (Å²) in [6.07, 6.45) is 6.38. The van der Waals surface area contributed by atoms with Crippen LogP contribution in [-0.4, -0.2) is 24.5 Å². The monoisotopic (exact) mass is 445 g/mol. The van der Waals surface area contributed by atoms with Crippen molar-refractivity contribution < 1.29 is 9.90 Å². The van der Waals surface area contributed by atoms with Crippen LogP contribution in [0, 0.1) is 18.1 Å². The molecule has 1 fully saturated rings. The van der Waals surface area contributed by atoms with Crippen LogP contribution in [0.4, 0.5) is 0 Å². The molecule has 3 heteroatoms. The van der Waals surface area contributed by atoms with Gasteiger partial charge in [0.2, 0.25) is 0 Å². The molecule has 3 aromatic carbocycles. The summed E-state index contributed by atoms with van der Waals surface area (Å²) in [5, 5.41) is 13.6. The molecule has 0 bridgehead atoms. The second-order valence-corrected chi connectivity index (χ2v) is 9.49. The quantitative estimate of drug-likeness (QED) is 0.444. The molecule has 4 rings (SSSR count). The van der Waals surface area contributed by atoms with Crippen molar-refractivity contribution in [1.29, 1.82) is 0 Å². The first-order valence-corrected chi connectivity index (χ1v) is 11.9. The Morgan fingerprint density at radius 2 is 1.79 bits per heavy atom. The van der Waals surface area contributed by atoms with Crippen LogP contribution in [0.1, 0.15) is 70.5 Å². The summed E-state index contributed by atoms with van der Waals surface area (Å²) in [7, 11) is 1.00. The average Bonchev–Trinajstić information content (AvgIpc) is 2.86. The van der Waals surface area contributed by atoms with Crippen molar-refractivity contribution in [2.75, 3.05) is 7.11 Å². The minimum absolute atomic E-state index is 0.397. The molecule has 0 aromatic heterocycles. The first kappa shape index (κ1) is 26.6. The highest BCUT2D eigenvalue weighted by molar-refractivity contribution is 5.86. The molecule has 33 heavy (non-hydrogen) atoms. The van der Waals surface area contributed by atoms with Gasteiger partial charge in [-0.3, -0.25) is 0 Å². The van der Waals surface area contributed by atoms with E-state index in [1.54, 1.807) is 12.1 Å². The van der Waals surface area contributed by atoms with Gasteiger partial charge in [-0.1, -0.05) is 74.4 Å². The van der Waals surface area contributed by atoms with Crippen molar-refractivity contribution in [2.45, 2.75) is 70.9 Å². The van der Waals surface area contributed by atoms with Crippen LogP contribution >= 0.6 is 0 Å². The summed E-state index contributed by atoms with van der Waals surface area (Å²) >= 11 is 0. The van der Waals surface area contributed by atoms with Gasteiger partial charge in [0.25, 0.3) is 0 Å². The third kappa shape index (κ3) is 7.70. The minimum atomic E-state index is -0.397. The van der Waals surface area contributed by atoms with Crippen molar-refractivity contribution in [3.05, 3.63) is 83.9 Å². The van der Waals surface area contributed by atoms with Crippen LogP contribution < -0.4 is 5.32 Å². The standard InChI is InChI=1S/C19H25N.C10H10O.CH4O/c1-14-7-5-10-17(13-14)20-15(2)18-12-6-9-16-8-3-4-11-19(16)18;1-10(2,8-11)9-6-4-3-5-7-9;1-2/h3-4,6,8-9,11-12,14-15,17,20H,5,7,10,13H2,1-2H3;4,6-8H,1-2H3;2H,1H3. The van der Waals surface area contributed by atoms with Crippen LogP contribution in [0.15, 0.2) is 60.7 Å². The van der Waals surface area contributed by atoms with Crippen LogP contribution in [0.2, 0.25) is 0 Å². The van der Waals surface area contributed by atoms with Gasteiger partial charge in [-0.15, -0.1) is 0 Å². The van der Waals surface area contributed by atoms with Gasteiger partial charge in [-0.25, -0.2) is 0 Å². The Hall–Kier alpha value is -2.67. The molecule has 0 saturated heterocycles. The number of fused-ring (bicyclic) bond motifs is 1. The van der Waals surface area contributed by atoms with Crippen molar-refractivity contribution in [2.24, 2.45) is 5.92 Å². The molecule has 3 aromatic rings. The lowest BCUT2D eigenvalue weighted by Gasteiger charge is -2.30. The van der Waals surface area contributed by atoms with E-state index in [-0.39, 0.29) is 0 Å². The molecule has 2 N–H and O–H groups in total. The number of nitrogens with one attached hydrogen (secondary N) is 1. The van der Waals surface area contributed by atoms with Gasteiger partial charge in [0, 0.05) is 24.6 Å². The number of aldehydes is 1. The summed E-state index contributed by atoms with van der Waals surface area (Å²) in [4.78, 5) is 10.6. The van der Waals surface area contributed by atoms with E-state index in [2.05, 4.69) is 73.8 Å². The van der Waals surface area contributed by atoms with Crippen molar-refractivity contribution in [3.63, 3.8) is 0 Å². The highest BCUT2D eigenvalue weighted by Gasteiger charge is 2.21. The van der Waals surface area contributed by atoms with Gasteiger partial charge in [-0.05, 0) is 79.6 Å². The van der Waals surface area contributed by atoms with Crippen molar-refractivity contribution in [1.82, 2.24) is 5.32 Å². The van der Waals surface area contributed by atoms with Crippen LogP contribution in [0.3, 0.4) is 0 Å². The Morgan fingerprint density at radius 1 is 1.06 bits per heavy atom. The Balaban J connectivity index is 0.000000252. The Morgan fingerprint density at radius 3 is 2.45 bits per heavy atom. The maximum Gasteiger partial charge on any atom is 0.129 e. The first-order chi connectivity index (χ1) is 15.9. The van der Waals surface area contributed by atoms with E-state index in [9.17, 15) is 4.79 Å². The zero-order valence-corrected chi connectivity index (χ0v) is 20.8. The molecule has 3 nitrogen and oxygen atoms in total. The third-order valence-corrected chi connectivity index (χ3v) is 6.41. The van der Waals surface area contributed by atoms with E-state index >= 15 is 0 Å². The summed E-state index contributed by atoms with van der Waals surface area (Å²) in [6, 6.07) is 27.5. The van der Waals surface area contributed by atoms with Gasteiger partial charge >= 0.3 is 0 Å². The lowest BCUT2D eigenvalue weighted by Crippen LogP contribution is -2.35. The number of aliphatic hydroxyl groups excluding tert-OH is 1. The molecular formula is C30H39NO2. The maximum absolute atomic E-state index is 10.6. The fourth-order valence-electron chi connectivity index (χ4n) is 4.47. The molecule has 0 radical (unpaired) electrons. The maximum atomic E-state index is 10.6. The highest BCUT2D eigenvalue weighted by atomic mass is 16.2. The summed E-state index contributed by atoms with van der Waals surface area (Å²) in [5.74, 6) is 0.876. The molecule has 0 aliphatic heterocycles. The second kappa shape index (κ2) is 13.1. The van der Waals surface area contributed by atoms with E-state index in [4.69, 9.17) is 5.11 Å². The molecule has 3 unspecified atom stereocenters. The fourth-order valence-corrected chi connectivity index (χ4v) is 4.47. The first-order valence-electron chi connectivity index (χ1n) is 11.9. The van der Waals surface area contributed by atoms with Gasteiger partial charge in [0.05, 0.1) is 0 Å². The lowest BCUT2D eigenvalue weighted by molar-refractivity contribution is -0.111. The summed E-state index contributed by atoms with van der Waals surface area (Å²) in [6.45, 7) is 8.45. The Labute approximate surface area is 200 Å². The minimum Gasteiger partial charge on any atom is -0.400 e. The van der Waals surface area contributed by atoms with Crippen molar-refractivity contribution in [3.8, 4) is 0 Å². The van der Waals surface area contributed by atoms with E-state index in [1.165, 1.54) is 42.0 Å². The van der Waals surface area contributed by atoms with Gasteiger partial charge in [0.15, 0.2) is 0 Å². The molecule has 0 spiro atoms. The number of benzene rings is 2. The number of hydrogen-bond acceptors (Lipinski definition) is 3. The predicted octanol–water partition coefficient (Wildman–Crippen LogP) is 6.44. The van der Waals surface area contributed by atoms with E-state index in [0.717, 1.165) is 24.9 Å². The Kier molecular flexibility index (Phi) is 10.6. The van der Waals surface area contributed by atoms with Crippen LogP contribution in [0.25, 0.3) is 10.8 Å². The van der Waals surface area contributed by atoms with E-state index in [1.807, 2.05) is 19.9 Å². The SMILES string of the molecule is CC(C)(C=O)c1cc#ccc1.CC1CCCC(NC(C)c2cccc3ccccc23)C1.CO. The third-order valence-electron chi connectivity index (χ3n) is 6.41. The average molecular weight is 446 g/mol. The largest absolute Gasteiger partial charge is 0.400 e. The van der Waals surface area contributed by atoms with Gasteiger partial charge in [0.1, 0.15) is 6.29 Å². The fraction of sp³-hybridized carbons (Fsp3) is 0.433. The topological polar surface area (TPSA) is 49.3 Å². The molecule has 176 valence electrons. The normalized spacial score (nSPS) is 18.6. The lowest BCUT2D eigenvalue weighted by atomic mass is 9.86. The van der Waals surface area contributed by atoms with E-state index < -0.39 is 5.41 Å². The molecule has 1 saturated carbocycles. The van der Waals surface area contributed by atoms with E-state index in [0.29, 0.717) is 12.1 Å². The summed E-state index contributed by atoms with van der Waals surface area (Å²) < 4.78 is 0. The van der Waals surface area contributed by atoms with Gasteiger partial charge < -0.3 is 15.2 Å². The predicted molar refractivity (Wildman–Crippen MR) is 138 cm³/mol. The molecule has 0 heterocycles. The van der Waals surface area contributed by atoms with Crippen LogP contribution in [0.5, 0.6) is 0 Å². The molecule has 1 aliphatic carbocycles. The number of aliphatic hydroxyl groups is 1. The van der Waals surface area contributed by atoms with Gasteiger partial charge in [-0.2, -0.15) is 0 Å². The highest BCUT2D eigenvalue weighted by Crippen LogP contribution is 2.28. The molecular weight excluding hydrogens is 406 g/mol. The second-order valence-electron chi connectivity index (χ2n) is 9.49. The van der Waals surface area contributed by atoms with Crippen LogP contribution in [-0.2, 0) is 10.2 Å². The number of carbonyl (C=O) groups is 1. The van der Waals surface area contributed by atoms with Crippen molar-refractivity contribution >= 4 is 17.1 Å².